The van der Waals surface area contributed by atoms with E-state index in [1.807, 2.05) is 19.8 Å². The Morgan fingerprint density at radius 2 is 2.17 bits per heavy atom. The van der Waals surface area contributed by atoms with E-state index in [0.29, 0.717) is 18.8 Å². The average molecular weight is 333 g/mol. The van der Waals surface area contributed by atoms with E-state index in [0.717, 1.165) is 37.6 Å². The Hall–Kier alpha value is -1.89. The fourth-order valence-electron chi connectivity index (χ4n) is 3.12. The summed E-state index contributed by atoms with van der Waals surface area (Å²) in [6, 6.07) is 3.61. The number of benzene rings is 1. The first-order chi connectivity index (χ1) is 11.6. The third-order valence-electron chi connectivity index (χ3n) is 4.56. The summed E-state index contributed by atoms with van der Waals surface area (Å²) in [6.45, 7) is 6.93. The normalized spacial score (nSPS) is 18.0. The third-order valence-corrected chi connectivity index (χ3v) is 4.56. The van der Waals surface area contributed by atoms with Crippen LogP contribution in [-0.2, 0) is 6.67 Å². The highest BCUT2D eigenvalue weighted by molar-refractivity contribution is 6.26. The Bertz CT molecular complexity index is 620. The van der Waals surface area contributed by atoms with Gasteiger partial charge in [0, 0.05) is 49.7 Å². The summed E-state index contributed by atoms with van der Waals surface area (Å²) in [5, 5.41) is 3.22. The van der Waals surface area contributed by atoms with Crippen LogP contribution in [0.4, 0.5) is 4.39 Å². The van der Waals surface area contributed by atoms with Crippen LogP contribution in [0.2, 0.25) is 6.82 Å². The standard InChI is InChI=1S/C17H25BFN3O2/c1-12-16(5-4-13(6-19)17(12)24-18-2)23-15-9-22(10-15)8-14-7-20-11-21(14)3/h4-5,7,15,18,20H,6,8-11H2,1-3H3. The second kappa shape index (κ2) is 7.34. The van der Waals surface area contributed by atoms with Crippen LogP contribution in [0.25, 0.3) is 0 Å². The molecule has 2 aliphatic heterocycles. The zero-order valence-electron chi connectivity index (χ0n) is 14.6. The predicted octanol–water partition coefficient (Wildman–Crippen LogP) is 1.64. The minimum Gasteiger partial charge on any atom is -0.564 e. The summed E-state index contributed by atoms with van der Waals surface area (Å²) in [6.07, 6.45) is 2.25. The number of likely N-dealkylation sites (tertiary alicyclic amines) is 1. The lowest BCUT2D eigenvalue weighted by atomic mass is 10.0. The molecule has 1 aromatic rings. The largest absolute Gasteiger partial charge is 0.564 e. The van der Waals surface area contributed by atoms with Gasteiger partial charge in [0.2, 0.25) is 0 Å². The monoisotopic (exact) mass is 333 g/mol. The number of nitrogens with one attached hydrogen (secondary N) is 1. The van der Waals surface area contributed by atoms with Crippen LogP contribution in [0.5, 0.6) is 11.5 Å². The number of nitrogens with zero attached hydrogens (tertiary/aromatic N) is 2. The number of hydrogen-bond acceptors (Lipinski definition) is 5. The van der Waals surface area contributed by atoms with E-state index in [1.54, 1.807) is 6.07 Å². The van der Waals surface area contributed by atoms with E-state index in [2.05, 4.69) is 28.4 Å². The van der Waals surface area contributed by atoms with Crippen LogP contribution in [0.15, 0.2) is 24.0 Å². The van der Waals surface area contributed by atoms with E-state index in [-0.39, 0.29) is 6.10 Å². The van der Waals surface area contributed by atoms with E-state index in [4.69, 9.17) is 9.39 Å². The van der Waals surface area contributed by atoms with Gasteiger partial charge in [-0.25, -0.2) is 4.39 Å². The lowest BCUT2D eigenvalue weighted by Gasteiger charge is -2.40. The Kier molecular flexibility index (Phi) is 5.19. The molecule has 1 N–H and O–H groups in total. The van der Waals surface area contributed by atoms with Crippen molar-refractivity contribution in [3.05, 3.63) is 35.2 Å². The van der Waals surface area contributed by atoms with Gasteiger partial charge >= 0.3 is 7.48 Å². The summed E-state index contributed by atoms with van der Waals surface area (Å²) < 4.78 is 24.8. The molecule has 1 fully saturated rings. The Morgan fingerprint density at radius 3 is 2.79 bits per heavy atom. The van der Waals surface area contributed by atoms with Crippen molar-refractivity contribution < 1.29 is 13.8 Å². The number of rotatable bonds is 7. The average Bonchev–Trinajstić information content (AvgIpc) is 2.94. The predicted molar refractivity (Wildman–Crippen MR) is 94.3 cm³/mol. The molecule has 0 radical (unpaired) electrons. The van der Waals surface area contributed by atoms with Gasteiger partial charge in [-0.2, -0.15) is 0 Å². The van der Waals surface area contributed by atoms with Gasteiger partial charge in [0.25, 0.3) is 0 Å². The molecule has 5 nitrogen and oxygen atoms in total. The minimum absolute atomic E-state index is 0.176. The van der Waals surface area contributed by atoms with Crippen molar-refractivity contribution >= 4 is 7.48 Å². The van der Waals surface area contributed by atoms with Gasteiger partial charge in [-0.05, 0) is 19.1 Å². The number of likely N-dealkylation sites (N-methyl/N-ethyl adjacent to an activating group) is 1. The van der Waals surface area contributed by atoms with Gasteiger partial charge in [-0.3, -0.25) is 4.90 Å². The first kappa shape index (κ1) is 17.0. The fourth-order valence-corrected chi connectivity index (χ4v) is 3.12. The summed E-state index contributed by atoms with van der Waals surface area (Å²) in [5.41, 5.74) is 2.77. The minimum atomic E-state index is -0.523. The molecule has 1 aromatic carbocycles. The van der Waals surface area contributed by atoms with Gasteiger partial charge < -0.3 is 19.6 Å². The number of ether oxygens (including phenoxy) is 1. The SMILES string of the molecule is CBOc1c(CF)ccc(OC2CN(CC3=CNCN3C)C2)c1C. The molecule has 0 aliphatic carbocycles. The van der Waals surface area contributed by atoms with Gasteiger partial charge in [-0.15, -0.1) is 0 Å². The highest BCUT2D eigenvalue weighted by atomic mass is 19.1. The lowest BCUT2D eigenvalue weighted by molar-refractivity contribution is 0.0228. The number of halogens is 1. The van der Waals surface area contributed by atoms with Crippen molar-refractivity contribution in [2.75, 3.05) is 33.4 Å². The molecule has 2 heterocycles. The van der Waals surface area contributed by atoms with Gasteiger partial charge in [-0.1, -0.05) is 6.82 Å². The molecule has 0 spiro atoms. The summed E-state index contributed by atoms with van der Waals surface area (Å²) in [7, 11) is 2.61. The summed E-state index contributed by atoms with van der Waals surface area (Å²) >= 11 is 0. The summed E-state index contributed by atoms with van der Waals surface area (Å²) in [5.74, 6) is 1.41. The topological polar surface area (TPSA) is 37.0 Å². The maximum atomic E-state index is 13.1. The van der Waals surface area contributed by atoms with E-state index in [9.17, 15) is 4.39 Å². The van der Waals surface area contributed by atoms with Crippen molar-refractivity contribution in [1.29, 1.82) is 0 Å². The first-order valence-electron chi connectivity index (χ1n) is 8.46. The Morgan fingerprint density at radius 1 is 1.38 bits per heavy atom. The maximum Gasteiger partial charge on any atom is 0.336 e. The molecule has 1 saturated heterocycles. The first-order valence-corrected chi connectivity index (χ1v) is 8.46. The third kappa shape index (κ3) is 3.46. The second-order valence-corrected chi connectivity index (χ2v) is 6.37. The van der Waals surface area contributed by atoms with Crippen LogP contribution < -0.4 is 14.7 Å². The molecule has 3 rings (SSSR count). The molecule has 0 amide bonds. The molecule has 130 valence electrons. The Labute approximate surface area is 143 Å². The summed E-state index contributed by atoms with van der Waals surface area (Å²) in [4.78, 5) is 4.57. The zero-order valence-corrected chi connectivity index (χ0v) is 14.6. The van der Waals surface area contributed by atoms with Gasteiger partial charge in [0.1, 0.15) is 24.3 Å². The molecular formula is C17H25BFN3O2. The molecule has 0 unspecified atom stereocenters. The number of hydrogen-bond donors (Lipinski definition) is 1. The fraction of sp³-hybridized carbons (Fsp3) is 0.529. The quantitative estimate of drug-likeness (QED) is 0.768. The number of alkyl halides is 1. The van der Waals surface area contributed by atoms with E-state index >= 15 is 0 Å². The van der Waals surface area contributed by atoms with Crippen LogP contribution >= 0.6 is 0 Å². The molecule has 24 heavy (non-hydrogen) atoms. The van der Waals surface area contributed by atoms with Crippen LogP contribution in [0.3, 0.4) is 0 Å². The van der Waals surface area contributed by atoms with Crippen molar-refractivity contribution in [2.24, 2.45) is 0 Å². The maximum absolute atomic E-state index is 13.1. The van der Waals surface area contributed by atoms with Crippen molar-refractivity contribution in [3.8, 4) is 11.5 Å². The lowest BCUT2D eigenvalue weighted by Crippen LogP contribution is -2.54. The van der Waals surface area contributed by atoms with Crippen molar-refractivity contribution in [2.45, 2.75) is 26.5 Å². The molecule has 2 aliphatic rings. The van der Waals surface area contributed by atoms with Crippen molar-refractivity contribution in [3.63, 3.8) is 0 Å². The Balaban J connectivity index is 1.57. The molecule has 0 saturated carbocycles. The van der Waals surface area contributed by atoms with Gasteiger partial charge in [0.15, 0.2) is 0 Å². The molecule has 0 aromatic heterocycles. The molecule has 0 bridgehead atoms. The van der Waals surface area contributed by atoms with Gasteiger partial charge in [0.05, 0.1) is 6.67 Å². The van der Waals surface area contributed by atoms with E-state index < -0.39 is 6.67 Å². The molecular weight excluding hydrogens is 308 g/mol. The molecule has 7 heteroatoms. The smallest absolute Gasteiger partial charge is 0.336 e. The van der Waals surface area contributed by atoms with Crippen LogP contribution in [0.1, 0.15) is 11.1 Å². The van der Waals surface area contributed by atoms with Crippen LogP contribution in [0, 0.1) is 6.92 Å². The zero-order chi connectivity index (χ0) is 17.1. The van der Waals surface area contributed by atoms with E-state index in [1.165, 1.54) is 5.70 Å². The highest BCUT2D eigenvalue weighted by Crippen LogP contribution is 2.33. The molecule has 0 atom stereocenters. The highest BCUT2D eigenvalue weighted by Gasteiger charge is 2.30. The van der Waals surface area contributed by atoms with Crippen LogP contribution in [-0.4, -0.2) is 56.7 Å². The second-order valence-electron chi connectivity index (χ2n) is 6.37. The van der Waals surface area contributed by atoms with Crippen molar-refractivity contribution in [1.82, 2.24) is 15.1 Å².